The van der Waals surface area contributed by atoms with Crippen LogP contribution in [0, 0.1) is 0 Å². The summed E-state index contributed by atoms with van der Waals surface area (Å²) in [5.74, 6) is -1.56. The summed E-state index contributed by atoms with van der Waals surface area (Å²) in [6.45, 7) is 5.33. The van der Waals surface area contributed by atoms with Crippen LogP contribution in [0.15, 0.2) is 24.3 Å². The Kier molecular flexibility index (Phi) is 4.08. The molecule has 5 heteroatoms. The molecule has 1 atom stereocenters. The number of carbonyl (C=O) groups excluding carboxylic acids is 1. The SMILES string of the molecule is CC(C)(C)OC(=O)c1ccc(C(N)C(=O)O)cc1. The highest BCUT2D eigenvalue weighted by Gasteiger charge is 2.19. The predicted molar refractivity (Wildman–Crippen MR) is 66.2 cm³/mol. The van der Waals surface area contributed by atoms with E-state index in [-0.39, 0.29) is 0 Å². The number of hydrogen-bond acceptors (Lipinski definition) is 4. The molecule has 0 aromatic heterocycles. The summed E-state index contributed by atoms with van der Waals surface area (Å²) in [7, 11) is 0. The van der Waals surface area contributed by atoms with Gasteiger partial charge in [0.25, 0.3) is 0 Å². The van der Waals surface area contributed by atoms with Crippen LogP contribution in [0.3, 0.4) is 0 Å². The van der Waals surface area contributed by atoms with Gasteiger partial charge in [0, 0.05) is 0 Å². The molecule has 1 aromatic carbocycles. The smallest absolute Gasteiger partial charge is 0.338 e. The van der Waals surface area contributed by atoms with Gasteiger partial charge in [0.05, 0.1) is 5.56 Å². The van der Waals surface area contributed by atoms with Gasteiger partial charge in [0.15, 0.2) is 0 Å². The zero-order chi connectivity index (χ0) is 13.9. The second-order valence-electron chi connectivity index (χ2n) is 4.94. The molecule has 0 aliphatic rings. The molecule has 0 spiro atoms. The van der Waals surface area contributed by atoms with Crippen molar-refractivity contribution in [2.24, 2.45) is 5.73 Å². The molecule has 0 amide bonds. The number of carboxylic acids is 1. The predicted octanol–water partition coefficient (Wildman–Crippen LogP) is 1.73. The van der Waals surface area contributed by atoms with E-state index in [9.17, 15) is 9.59 Å². The van der Waals surface area contributed by atoms with Crippen LogP contribution in [0.1, 0.15) is 42.7 Å². The van der Waals surface area contributed by atoms with Crippen molar-refractivity contribution in [3.63, 3.8) is 0 Å². The lowest BCUT2D eigenvalue weighted by atomic mass is 10.1. The lowest BCUT2D eigenvalue weighted by molar-refractivity contribution is -0.138. The van der Waals surface area contributed by atoms with Gasteiger partial charge < -0.3 is 15.6 Å². The first-order valence-electron chi connectivity index (χ1n) is 5.52. The number of carbonyl (C=O) groups is 2. The molecule has 1 aromatic rings. The van der Waals surface area contributed by atoms with Crippen LogP contribution < -0.4 is 5.73 Å². The summed E-state index contributed by atoms with van der Waals surface area (Å²) in [6, 6.07) is 4.95. The van der Waals surface area contributed by atoms with Crippen molar-refractivity contribution in [1.82, 2.24) is 0 Å². The molecule has 1 unspecified atom stereocenters. The average Bonchev–Trinajstić information content (AvgIpc) is 2.26. The van der Waals surface area contributed by atoms with E-state index in [1.807, 2.05) is 0 Å². The number of aliphatic carboxylic acids is 1. The molecular formula is C13H17NO4. The van der Waals surface area contributed by atoms with Crippen molar-refractivity contribution < 1.29 is 19.4 Å². The minimum Gasteiger partial charge on any atom is -0.480 e. The summed E-state index contributed by atoms with van der Waals surface area (Å²) in [4.78, 5) is 22.4. The van der Waals surface area contributed by atoms with E-state index in [0.717, 1.165) is 0 Å². The van der Waals surface area contributed by atoms with Crippen LogP contribution >= 0.6 is 0 Å². The van der Waals surface area contributed by atoms with Crippen molar-refractivity contribution in [3.05, 3.63) is 35.4 Å². The molecule has 1 rings (SSSR count). The minimum atomic E-state index is -1.11. The number of hydrogen-bond donors (Lipinski definition) is 2. The molecular weight excluding hydrogens is 234 g/mol. The highest BCUT2D eigenvalue weighted by Crippen LogP contribution is 2.15. The van der Waals surface area contributed by atoms with Gasteiger partial charge in [-0.15, -0.1) is 0 Å². The quantitative estimate of drug-likeness (QED) is 0.798. The minimum absolute atomic E-state index is 0.367. The zero-order valence-electron chi connectivity index (χ0n) is 10.6. The number of rotatable bonds is 3. The van der Waals surface area contributed by atoms with E-state index in [1.165, 1.54) is 24.3 Å². The summed E-state index contributed by atoms with van der Waals surface area (Å²) in [5.41, 5.74) is 5.69. The maximum absolute atomic E-state index is 11.7. The van der Waals surface area contributed by atoms with Gasteiger partial charge in [-0.05, 0) is 38.5 Å². The van der Waals surface area contributed by atoms with Crippen molar-refractivity contribution in [1.29, 1.82) is 0 Å². The Balaban J connectivity index is 2.83. The molecule has 3 N–H and O–H groups in total. The van der Waals surface area contributed by atoms with Gasteiger partial charge >= 0.3 is 11.9 Å². The van der Waals surface area contributed by atoms with Gasteiger partial charge in [-0.3, -0.25) is 4.79 Å². The van der Waals surface area contributed by atoms with Crippen molar-refractivity contribution >= 4 is 11.9 Å². The summed E-state index contributed by atoms with van der Waals surface area (Å²) < 4.78 is 5.19. The maximum Gasteiger partial charge on any atom is 0.338 e. The lowest BCUT2D eigenvalue weighted by Crippen LogP contribution is -2.24. The Morgan fingerprint density at radius 2 is 1.72 bits per heavy atom. The van der Waals surface area contributed by atoms with E-state index in [1.54, 1.807) is 20.8 Å². The normalized spacial score (nSPS) is 12.9. The number of carboxylic acid groups (broad SMARTS) is 1. The van der Waals surface area contributed by atoms with Gasteiger partial charge in [-0.1, -0.05) is 12.1 Å². The van der Waals surface area contributed by atoms with Gasteiger partial charge in [-0.2, -0.15) is 0 Å². The number of nitrogens with two attached hydrogens (primary N) is 1. The Morgan fingerprint density at radius 1 is 1.22 bits per heavy atom. The highest BCUT2D eigenvalue weighted by molar-refractivity contribution is 5.89. The second kappa shape index (κ2) is 5.18. The van der Waals surface area contributed by atoms with Crippen LogP contribution in [-0.2, 0) is 9.53 Å². The Labute approximate surface area is 106 Å². The van der Waals surface area contributed by atoms with Gasteiger partial charge in [-0.25, -0.2) is 4.79 Å². The van der Waals surface area contributed by atoms with Crippen LogP contribution in [0.4, 0.5) is 0 Å². The third kappa shape index (κ3) is 3.85. The molecule has 0 saturated carbocycles. The summed E-state index contributed by atoms with van der Waals surface area (Å²) in [5, 5.41) is 8.75. The lowest BCUT2D eigenvalue weighted by Gasteiger charge is -2.19. The van der Waals surface area contributed by atoms with Crippen LogP contribution in [0.2, 0.25) is 0 Å². The van der Waals surface area contributed by atoms with Crippen molar-refractivity contribution in [3.8, 4) is 0 Å². The second-order valence-corrected chi connectivity index (χ2v) is 4.94. The van der Waals surface area contributed by atoms with Crippen LogP contribution in [0.5, 0.6) is 0 Å². The van der Waals surface area contributed by atoms with E-state index >= 15 is 0 Å². The summed E-state index contributed by atoms with van der Waals surface area (Å²) >= 11 is 0. The molecule has 0 aliphatic heterocycles. The fourth-order valence-electron chi connectivity index (χ4n) is 1.31. The first-order valence-corrected chi connectivity index (χ1v) is 5.52. The maximum atomic E-state index is 11.7. The molecule has 0 fully saturated rings. The third-order valence-electron chi connectivity index (χ3n) is 2.17. The first kappa shape index (κ1) is 14.2. The molecule has 18 heavy (non-hydrogen) atoms. The highest BCUT2D eigenvalue weighted by atomic mass is 16.6. The molecule has 0 radical (unpaired) electrons. The zero-order valence-corrected chi connectivity index (χ0v) is 10.6. The molecule has 5 nitrogen and oxygen atoms in total. The fraction of sp³-hybridized carbons (Fsp3) is 0.385. The van der Waals surface area contributed by atoms with Crippen molar-refractivity contribution in [2.45, 2.75) is 32.4 Å². The Bertz CT molecular complexity index is 445. The Hall–Kier alpha value is -1.88. The number of ether oxygens (including phenoxy) is 1. The molecule has 0 aliphatic carbocycles. The van der Waals surface area contributed by atoms with E-state index in [0.29, 0.717) is 11.1 Å². The molecule has 0 heterocycles. The topological polar surface area (TPSA) is 89.6 Å². The monoisotopic (exact) mass is 251 g/mol. The van der Waals surface area contributed by atoms with E-state index < -0.39 is 23.6 Å². The molecule has 98 valence electrons. The standard InChI is InChI=1S/C13H17NO4/c1-13(2,3)18-12(17)9-6-4-8(5-7-9)10(14)11(15)16/h4-7,10H,14H2,1-3H3,(H,15,16). The molecule has 0 bridgehead atoms. The van der Waals surface area contributed by atoms with E-state index in [2.05, 4.69) is 0 Å². The number of benzene rings is 1. The first-order chi connectivity index (χ1) is 8.20. The van der Waals surface area contributed by atoms with Gasteiger partial charge in [0.1, 0.15) is 11.6 Å². The summed E-state index contributed by atoms with van der Waals surface area (Å²) in [6.07, 6.45) is 0. The van der Waals surface area contributed by atoms with Crippen molar-refractivity contribution in [2.75, 3.05) is 0 Å². The molecule has 0 saturated heterocycles. The number of esters is 1. The largest absolute Gasteiger partial charge is 0.480 e. The van der Waals surface area contributed by atoms with Crippen LogP contribution in [0.25, 0.3) is 0 Å². The van der Waals surface area contributed by atoms with Gasteiger partial charge in [0.2, 0.25) is 0 Å². The Morgan fingerprint density at radius 3 is 2.11 bits per heavy atom. The fourth-order valence-corrected chi connectivity index (χ4v) is 1.31. The average molecular weight is 251 g/mol. The van der Waals surface area contributed by atoms with E-state index in [4.69, 9.17) is 15.6 Å². The van der Waals surface area contributed by atoms with Crippen LogP contribution in [-0.4, -0.2) is 22.6 Å². The third-order valence-corrected chi connectivity index (χ3v) is 2.17.